The highest BCUT2D eigenvalue weighted by Gasteiger charge is 2.22. The van der Waals surface area contributed by atoms with E-state index < -0.39 is 0 Å². The smallest absolute Gasteiger partial charge is 0.278 e. The Morgan fingerprint density at radius 1 is 1.25 bits per heavy atom. The number of fused-ring (bicyclic) bond motifs is 4. The van der Waals surface area contributed by atoms with Crippen LogP contribution in [0, 0.1) is 0 Å². The minimum Gasteiger partial charge on any atom is -0.497 e. The second-order valence-corrected chi connectivity index (χ2v) is 8.35. The Balaban J connectivity index is 1.84. The van der Waals surface area contributed by atoms with Gasteiger partial charge in [-0.1, -0.05) is 35.5 Å². The fourth-order valence-corrected chi connectivity index (χ4v) is 4.97. The monoisotopic (exact) mass is 411 g/mol. The fourth-order valence-electron chi connectivity index (χ4n) is 3.82. The van der Waals surface area contributed by atoms with Gasteiger partial charge in [0.1, 0.15) is 16.8 Å². The number of hydrogen-bond acceptors (Lipinski definition) is 4. The van der Waals surface area contributed by atoms with Gasteiger partial charge in [-0.15, -0.1) is 0 Å². The number of aromatic nitrogens is 3. The SMILES string of the molecule is COc1ccc2c(c1)c1nc3n(c(=O)c1n2Cc1cccc(Cl)c1)CCCS3. The maximum absolute atomic E-state index is 13.4. The molecule has 0 spiro atoms. The molecule has 0 radical (unpaired) electrons. The van der Waals surface area contributed by atoms with Gasteiger partial charge in [0.25, 0.3) is 5.56 Å². The summed E-state index contributed by atoms with van der Waals surface area (Å²) >= 11 is 7.83. The van der Waals surface area contributed by atoms with Crippen molar-refractivity contribution in [2.75, 3.05) is 12.9 Å². The van der Waals surface area contributed by atoms with Crippen LogP contribution in [0.5, 0.6) is 5.75 Å². The van der Waals surface area contributed by atoms with E-state index in [2.05, 4.69) is 4.57 Å². The quantitative estimate of drug-likeness (QED) is 0.464. The summed E-state index contributed by atoms with van der Waals surface area (Å²) in [6, 6.07) is 13.6. The summed E-state index contributed by atoms with van der Waals surface area (Å²) in [5.74, 6) is 1.74. The molecule has 0 atom stereocenters. The molecule has 0 saturated heterocycles. The van der Waals surface area contributed by atoms with Crippen LogP contribution in [0.3, 0.4) is 0 Å². The molecule has 5 nitrogen and oxygen atoms in total. The van der Waals surface area contributed by atoms with Crippen molar-refractivity contribution < 1.29 is 4.74 Å². The Labute approximate surface area is 170 Å². The molecule has 1 aliphatic heterocycles. The molecule has 0 amide bonds. The van der Waals surface area contributed by atoms with Gasteiger partial charge in [0.05, 0.1) is 12.6 Å². The van der Waals surface area contributed by atoms with Crippen LogP contribution in [-0.4, -0.2) is 27.0 Å². The molecule has 28 heavy (non-hydrogen) atoms. The molecule has 0 fully saturated rings. The molecule has 2 aromatic heterocycles. The van der Waals surface area contributed by atoms with Crippen LogP contribution in [-0.2, 0) is 13.1 Å². The Hall–Kier alpha value is -2.44. The summed E-state index contributed by atoms with van der Waals surface area (Å²) in [7, 11) is 1.65. The molecular weight excluding hydrogens is 394 g/mol. The van der Waals surface area contributed by atoms with E-state index in [1.165, 1.54) is 0 Å². The molecule has 1 aliphatic rings. The number of halogens is 1. The van der Waals surface area contributed by atoms with Crippen molar-refractivity contribution in [2.45, 2.75) is 24.7 Å². The first-order valence-corrected chi connectivity index (χ1v) is 10.5. The van der Waals surface area contributed by atoms with Crippen molar-refractivity contribution >= 4 is 45.3 Å². The molecule has 142 valence electrons. The van der Waals surface area contributed by atoms with Crippen molar-refractivity contribution in [3.63, 3.8) is 0 Å². The van der Waals surface area contributed by atoms with Crippen LogP contribution in [0.2, 0.25) is 5.02 Å². The van der Waals surface area contributed by atoms with Gasteiger partial charge in [0.2, 0.25) is 0 Å². The topological polar surface area (TPSA) is 49.1 Å². The number of thioether (sulfide) groups is 1. The maximum Gasteiger partial charge on any atom is 0.278 e. The van der Waals surface area contributed by atoms with Gasteiger partial charge in [-0.3, -0.25) is 9.36 Å². The first kappa shape index (κ1) is 17.6. The number of rotatable bonds is 3. The van der Waals surface area contributed by atoms with Gasteiger partial charge >= 0.3 is 0 Å². The van der Waals surface area contributed by atoms with E-state index in [0.29, 0.717) is 23.6 Å². The molecular formula is C21H18ClN3O2S. The second-order valence-electron chi connectivity index (χ2n) is 6.85. The number of hydrogen-bond donors (Lipinski definition) is 0. The van der Waals surface area contributed by atoms with E-state index in [1.54, 1.807) is 23.4 Å². The molecule has 7 heteroatoms. The lowest BCUT2D eigenvalue weighted by Gasteiger charge is -2.17. The maximum atomic E-state index is 13.4. The third-order valence-corrected chi connectivity index (χ3v) is 6.41. The molecule has 3 heterocycles. The molecule has 0 bridgehead atoms. The van der Waals surface area contributed by atoms with Crippen LogP contribution >= 0.6 is 23.4 Å². The Kier molecular flexibility index (Phi) is 4.33. The van der Waals surface area contributed by atoms with Crippen molar-refractivity contribution in [3.05, 3.63) is 63.4 Å². The van der Waals surface area contributed by atoms with Crippen molar-refractivity contribution in [1.29, 1.82) is 0 Å². The molecule has 2 aromatic carbocycles. The zero-order chi connectivity index (χ0) is 19.3. The lowest BCUT2D eigenvalue weighted by molar-refractivity contribution is 0.415. The van der Waals surface area contributed by atoms with Crippen LogP contribution in [0.4, 0.5) is 0 Å². The third-order valence-electron chi connectivity index (χ3n) is 5.12. The minimum atomic E-state index is 0.0180. The van der Waals surface area contributed by atoms with Crippen molar-refractivity contribution in [1.82, 2.24) is 14.1 Å². The lowest BCUT2D eigenvalue weighted by Crippen LogP contribution is -2.27. The van der Waals surface area contributed by atoms with Gasteiger partial charge < -0.3 is 9.30 Å². The molecule has 0 saturated carbocycles. The van der Waals surface area contributed by atoms with Gasteiger partial charge in [-0.2, -0.15) is 0 Å². The average molecular weight is 412 g/mol. The number of nitrogens with zero attached hydrogens (tertiary/aromatic N) is 3. The molecule has 0 aliphatic carbocycles. The second kappa shape index (κ2) is 6.87. The van der Waals surface area contributed by atoms with E-state index in [4.69, 9.17) is 21.3 Å². The predicted molar refractivity (Wildman–Crippen MR) is 114 cm³/mol. The molecule has 4 aromatic rings. The summed E-state index contributed by atoms with van der Waals surface area (Å²) in [4.78, 5) is 18.3. The molecule has 0 unspecified atom stereocenters. The Morgan fingerprint density at radius 2 is 2.14 bits per heavy atom. The number of benzene rings is 2. The standard InChI is InChI=1S/C21H18ClN3O2S/c1-27-15-6-7-17-16(11-15)18-19(20(26)24-8-3-9-28-21(24)23-18)25(17)12-13-4-2-5-14(22)10-13/h2,4-7,10-11H,3,8-9,12H2,1H3. The first-order valence-electron chi connectivity index (χ1n) is 9.14. The number of ether oxygens (including phenoxy) is 1. The van der Waals surface area contributed by atoms with E-state index in [0.717, 1.165) is 45.1 Å². The van der Waals surface area contributed by atoms with Crippen molar-refractivity contribution in [2.24, 2.45) is 0 Å². The van der Waals surface area contributed by atoms with Gasteiger partial charge in [-0.05, 0) is 42.3 Å². The molecule has 0 N–H and O–H groups in total. The van der Waals surface area contributed by atoms with Crippen molar-refractivity contribution in [3.8, 4) is 5.75 Å². The van der Waals surface area contributed by atoms with E-state index in [1.807, 2.05) is 42.5 Å². The van der Waals surface area contributed by atoms with E-state index in [9.17, 15) is 4.79 Å². The fraction of sp³-hybridized carbons (Fsp3) is 0.238. The zero-order valence-electron chi connectivity index (χ0n) is 15.3. The lowest BCUT2D eigenvalue weighted by atomic mass is 10.2. The van der Waals surface area contributed by atoms with Gasteiger partial charge in [-0.25, -0.2) is 4.98 Å². The predicted octanol–water partition coefficient (Wildman–Crippen LogP) is 4.56. The Morgan fingerprint density at radius 3 is 2.96 bits per heavy atom. The molecule has 5 rings (SSSR count). The van der Waals surface area contributed by atoms with Crippen LogP contribution in [0.25, 0.3) is 21.9 Å². The highest BCUT2D eigenvalue weighted by molar-refractivity contribution is 7.99. The third kappa shape index (κ3) is 2.79. The van der Waals surface area contributed by atoms with Gasteiger partial charge in [0, 0.05) is 29.3 Å². The van der Waals surface area contributed by atoms with Gasteiger partial charge in [0.15, 0.2) is 5.16 Å². The van der Waals surface area contributed by atoms with Crippen LogP contribution < -0.4 is 10.3 Å². The summed E-state index contributed by atoms with van der Waals surface area (Å²) in [5, 5.41) is 2.42. The average Bonchev–Trinajstić information content (AvgIpc) is 3.01. The highest BCUT2D eigenvalue weighted by atomic mass is 35.5. The highest BCUT2D eigenvalue weighted by Crippen LogP contribution is 2.32. The first-order chi connectivity index (χ1) is 13.7. The van der Waals surface area contributed by atoms with Crippen LogP contribution in [0.15, 0.2) is 52.4 Å². The summed E-state index contributed by atoms with van der Waals surface area (Å²) in [6.07, 6.45) is 0.979. The van der Waals surface area contributed by atoms with Crippen LogP contribution in [0.1, 0.15) is 12.0 Å². The van der Waals surface area contributed by atoms with E-state index in [-0.39, 0.29) is 5.56 Å². The number of methoxy groups -OCH3 is 1. The summed E-state index contributed by atoms with van der Waals surface area (Å²) in [5.41, 5.74) is 3.40. The summed E-state index contributed by atoms with van der Waals surface area (Å²) in [6.45, 7) is 1.27. The largest absolute Gasteiger partial charge is 0.497 e. The normalized spacial score (nSPS) is 13.8. The minimum absolute atomic E-state index is 0.0180. The zero-order valence-corrected chi connectivity index (χ0v) is 16.9. The van der Waals surface area contributed by atoms with E-state index >= 15 is 0 Å². The Bertz CT molecular complexity index is 1280. The summed E-state index contributed by atoms with van der Waals surface area (Å²) < 4.78 is 9.27.